The molecule has 0 unspecified atom stereocenters. The van der Waals surface area contributed by atoms with Crippen molar-refractivity contribution in [3.8, 4) is 0 Å². The summed E-state index contributed by atoms with van der Waals surface area (Å²) in [5, 5.41) is 11.7. The Labute approximate surface area is 141 Å². The number of nitrogens with zero attached hydrogens (tertiary/aromatic N) is 2. The van der Waals surface area contributed by atoms with Gasteiger partial charge in [0, 0.05) is 30.4 Å². The molecular weight excluding hydrogens is 306 g/mol. The number of aromatic nitrogens is 2. The van der Waals surface area contributed by atoms with Gasteiger partial charge in [-0.3, -0.25) is 9.59 Å². The van der Waals surface area contributed by atoms with E-state index in [0.717, 1.165) is 11.3 Å². The molecule has 1 amide bonds. The number of hydrogen-bond donors (Lipinski definition) is 2. The van der Waals surface area contributed by atoms with E-state index in [1.54, 1.807) is 12.5 Å². The summed E-state index contributed by atoms with van der Waals surface area (Å²) in [6, 6.07) is 9.97. The highest BCUT2D eigenvalue weighted by Crippen LogP contribution is 2.12. The van der Waals surface area contributed by atoms with Gasteiger partial charge in [0.2, 0.25) is 5.91 Å². The number of hydrogen-bond acceptors (Lipinski definition) is 3. The minimum absolute atomic E-state index is 0.0270. The van der Waals surface area contributed by atoms with E-state index in [4.69, 9.17) is 5.11 Å². The molecule has 1 aromatic heterocycles. The summed E-state index contributed by atoms with van der Waals surface area (Å²) in [6.45, 7) is 4.32. The fourth-order valence-corrected chi connectivity index (χ4v) is 2.49. The van der Waals surface area contributed by atoms with Crippen LogP contribution in [0.25, 0.3) is 0 Å². The lowest BCUT2D eigenvalue weighted by atomic mass is 9.98. The third-order valence-corrected chi connectivity index (χ3v) is 3.78. The van der Waals surface area contributed by atoms with Crippen molar-refractivity contribution in [2.24, 2.45) is 0 Å². The van der Waals surface area contributed by atoms with Crippen LogP contribution in [0.2, 0.25) is 0 Å². The van der Waals surface area contributed by atoms with Gasteiger partial charge >= 0.3 is 5.97 Å². The van der Waals surface area contributed by atoms with Crippen LogP contribution in [0, 0.1) is 0 Å². The number of carbonyl (C=O) groups excluding carboxylic acids is 1. The second-order valence-electron chi connectivity index (χ2n) is 6.50. The number of rotatable bonds is 8. The van der Waals surface area contributed by atoms with Crippen molar-refractivity contribution in [3.63, 3.8) is 0 Å². The zero-order valence-electron chi connectivity index (χ0n) is 14.0. The average molecular weight is 329 g/mol. The van der Waals surface area contributed by atoms with Crippen molar-refractivity contribution in [1.82, 2.24) is 14.9 Å². The number of benzene rings is 1. The van der Waals surface area contributed by atoms with E-state index in [0.29, 0.717) is 13.0 Å². The molecule has 2 N–H and O–H groups in total. The van der Waals surface area contributed by atoms with E-state index >= 15 is 0 Å². The molecule has 0 bridgehead atoms. The van der Waals surface area contributed by atoms with Crippen LogP contribution in [0.15, 0.2) is 42.9 Å². The van der Waals surface area contributed by atoms with Gasteiger partial charge in [-0.25, -0.2) is 4.98 Å². The summed E-state index contributed by atoms with van der Waals surface area (Å²) in [6.07, 6.45) is 4.03. The monoisotopic (exact) mass is 329 g/mol. The van der Waals surface area contributed by atoms with E-state index in [1.807, 2.05) is 48.7 Å². The van der Waals surface area contributed by atoms with Crippen LogP contribution < -0.4 is 5.32 Å². The molecule has 0 atom stereocenters. The maximum atomic E-state index is 12.3. The molecule has 0 spiro atoms. The minimum Gasteiger partial charge on any atom is -0.481 e. The lowest BCUT2D eigenvalue weighted by Crippen LogP contribution is -2.44. The maximum absolute atomic E-state index is 12.3. The summed E-state index contributed by atoms with van der Waals surface area (Å²) < 4.78 is 1.94. The highest BCUT2D eigenvalue weighted by molar-refractivity contribution is 5.79. The van der Waals surface area contributed by atoms with Crippen molar-refractivity contribution in [2.75, 3.05) is 0 Å². The molecule has 6 nitrogen and oxygen atoms in total. The molecule has 0 fully saturated rings. The summed E-state index contributed by atoms with van der Waals surface area (Å²) in [5.74, 6) is -1.00. The van der Waals surface area contributed by atoms with Gasteiger partial charge in [-0.1, -0.05) is 30.3 Å². The van der Waals surface area contributed by atoms with Gasteiger partial charge in [0.15, 0.2) is 0 Å². The first-order valence-corrected chi connectivity index (χ1v) is 7.91. The van der Waals surface area contributed by atoms with Crippen LogP contribution in [0.4, 0.5) is 0 Å². The lowest BCUT2D eigenvalue weighted by Gasteiger charge is -2.25. The highest BCUT2D eigenvalue weighted by Gasteiger charge is 2.22. The summed E-state index contributed by atoms with van der Waals surface area (Å²) in [7, 11) is 0. The smallest absolute Gasteiger partial charge is 0.303 e. The summed E-state index contributed by atoms with van der Waals surface area (Å²) >= 11 is 0. The summed E-state index contributed by atoms with van der Waals surface area (Å²) in [5.41, 5.74) is 1.41. The molecule has 2 rings (SSSR count). The molecule has 6 heteroatoms. The molecule has 0 aliphatic heterocycles. The zero-order chi connectivity index (χ0) is 17.6. The maximum Gasteiger partial charge on any atom is 0.303 e. The van der Waals surface area contributed by atoms with Crippen molar-refractivity contribution in [3.05, 3.63) is 54.1 Å². The predicted molar refractivity (Wildman–Crippen MR) is 90.6 cm³/mol. The van der Waals surface area contributed by atoms with Gasteiger partial charge in [-0.2, -0.15) is 0 Å². The number of aliphatic carboxylic acids is 1. The van der Waals surface area contributed by atoms with E-state index in [9.17, 15) is 9.59 Å². The number of imidazole rings is 1. The fourth-order valence-electron chi connectivity index (χ4n) is 2.49. The predicted octanol–water partition coefficient (Wildman–Crippen LogP) is 2.23. The van der Waals surface area contributed by atoms with Crippen molar-refractivity contribution < 1.29 is 14.7 Å². The number of carbonyl (C=O) groups is 2. The molecular formula is C18H23N3O3. The molecule has 24 heavy (non-hydrogen) atoms. The molecule has 2 aromatic rings. The quantitative estimate of drug-likeness (QED) is 0.778. The lowest BCUT2D eigenvalue weighted by molar-refractivity contribution is -0.137. The second-order valence-corrected chi connectivity index (χ2v) is 6.50. The molecule has 1 aromatic carbocycles. The van der Waals surface area contributed by atoms with Crippen LogP contribution in [-0.2, 0) is 22.6 Å². The Morgan fingerprint density at radius 3 is 2.62 bits per heavy atom. The molecule has 1 heterocycles. The Hall–Kier alpha value is -2.63. The Kier molecular flexibility index (Phi) is 5.73. The van der Waals surface area contributed by atoms with E-state index in [2.05, 4.69) is 10.3 Å². The van der Waals surface area contributed by atoms with Crippen LogP contribution in [0.5, 0.6) is 0 Å². The third-order valence-electron chi connectivity index (χ3n) is 3.78. The normalized spacial score (nSPS) is 11.2. The van der Waals surface area contributed by atoms with Crippen LogP contribution in [0.3, 0.4) is 0 Å². The number of carboxylic acid groups (broad SMARTS) is 1. The van der Waals surface area contributed by atoms with Crippen molar-refractivity contribution in [2.45, 2.75) is 45.2 Å². The third kappa shape index (κ3) is 5.53. The Bertz CT molecular complexity index is 693. The standard InChI is InChI=1S/C18H23N3O3/c1-18(2,9-8-17(23)24)20-16(22)10-15-11-19-13-21(15)12-14-6-4-3-5-7-14/h3-7,11,13H,8-10,12H2,1-2H3,(H,20,22)(H,23,24). The van der Waals surface area contributed by atoms with Crippen molar-refractivity contribution >= 4 is 11.9 Å². The van der Waals surface area contributed by atoms with Gasteiger partial charge in [-0.05, 0) is 25.8 Å². The van der Waals surface area contributed by atoms with Crippen LogP contribution in [-0.4, -0.2) is 32.1 Å². The Morgan fingerprint density at radius 2 is 1.96 bits per heavy atom. The molecule has 0 aliphatic carbocycles. The largest absolute Gasteiger partial charge is 0.481 e. The van der Waals surface area contributed by atoms with Crippen LogP contribution >= 0.6 is 0 Å². The zero-order valence-corrected chi connectivity index (χ0v) is 14.0. The topological polar surface area (TPSA) is 84.2 Å². The fraction of sp³-hybridized carbons (Fsp3) is 0.389. The number of amides is 1. The first-order valence-electron chi connectivity index (χ1n) is 7.91. The number of nitrogens with one attached hydrogen (secondary N) is 1. The molecule has 0 saturated heterocycles. The van der Waals surface area contributed by atoms with E-state index < -0.39 is 11.5 Å². The van der Waals surface area contributed by atoms with Gasteiger partial charge < -0.3 is 15.0 Å². The van der Waals surface area contributed by atoms with Gasteiger partial charge in [0.1, 0.15) is 0 Å². The van der Waals surface area contributed by atoms with Gasteiger partial charge in [-0.15, -0.1) is 0 Å². The molecule has 0 radical (unpaired) electrons. The first kappa shape index (κ1) is 17.7. The second kappa shape index (κ2) is 7.77. The highest BCUT2D eigenvalue weighted by atomic mass is 16.4. The van der Waals surface area contributed by atoms with Crippen LogP contribution in [0.1, 0.15) is 37.9 Å². The number of carboxylic acids is 1. The van der Waals surface area contributed by atoms with Gasteiger partial charge in [0.05, 0.1) is 12.7 Å². The molecule has 0 aliphatic rings. The van der Waals surface area contributed by atoms with E-state index in [1.165, 1.54) is 0 Å². The summed E-state index contributed by atoms with van der Waals surface area (Å²) in [4.78, 5) is 27.1. The Morgan fingerprint density at radius 1 is 1.25 bits per heavy atom. The minimum atomic E-state index is -0.863. The molecule has 128 valence electrons. The SMILES string of the molecule is CC(C)(CCC(=O)O)NC(=O)Cc1cncn1Cc1ccccc1. The molecule has 0 saturated carbocycles. The van der Waals surface area contributed by atoms with E-state index in [-0.39, 0.29) is 18.7 Å². The van der Waals surface area contributed by atoms with Gasteiger partial charge in [0.25, 0.3) is 0 Å². The first-order chi connectivity index (χ1) is 11.4. The van der Waals surface area contributed by atoms with Crippen molar-refractivity contribution in [1.29, 1.82) is 0 Å². The Balaban J connectivity index is 1.95. The average Bonchev–Trinajstić information content (AvgIpc) is 2.93.